The van der Waals surface area contributed by atoms with E-state index in [2.05, 4.69) is 11.6 Å². The average molecular weight is 368 g/mol. The van der Waals surface area contributed by atoms with E-state index in [1.54, 1.807) is 6.08 Å². The summed E-state index contributed by atoms with van der Waals surface area (Å²) in [7, 11) is 1.44. The lowest BCUT2D eigenvalue weighted by Crippen LogP contribution is -2.31. The van der Waals surface area contributed by atoms with Gasteiger partial charge in [-0.3, -0.25) is 9.69 Å². The van der Waals surface area contributed by atoms with E-state index in [1.807, 2.05) is 35.7 Å². The van der Waals surface area contributed by atoms with Crippen LogP contribution in [-0.4, -0.2) is 24.5 Å². The Balaban J connectivity index is 1.97. The zero-order chi connectivity index (χ0) is 18.5. The molecule has 0 N–H and O–H groups in total. The molecular formula is C20H17FN2O2S. The first-order chi connectivity index (χ1) is 12.6. The predicted octanol–water partition coefficient (Wildman–Crippen LogP) is 4.79. The second-order valence-electron chi connectivity index (χ2n) is 5.43. The number of thiazole rings is 1. The SMILES string of the molecule is C=CCN(C(=O)c1cc(F)ccc1OC)c1nc(-c2ccccc2)cs1. The molecular weight excluding hydrogens is 351 g/mol. The molecule has 0 saturated carbocycles. The van der Waals surface area contributed by atoms with Gasteiger partial charge in [0.05, 0.1) is 18.4 Å². The summed E-state index contributed by atoms with van der Waals surface area (Å²) >= 11 is 1.34. The van der Waals surface area contributed by atoms with Gasteiger partial charge < -0.3 is 4.74 Å². The zero-order valence-electron chi connectivity index (χ0n) is 14.2. The van der Waals surface area contributed by atoms with Crippen LogP contribution in [0.15, 0.2) is 66.6 Å². The maximum atomic E-state index is 13.7. The fraction of sp³-hybridized carbons (Fsp3) is 0.100. The van der Waals surface area contributed by atoms with Gasteiger partial charge in [0.25, 0.3) is 5.91 Å². The minimum Gasteiger partial charge on any atom is -0.496 e. The van der Waals surface area contributed by atoms with Gasteiger partial charge in [-0.2, -0.15) is 0 Å². The van der Waals surface area contributed by atoms with Gasteiger partial charge in [-0.15, -0.1) is 17.9 Å². The molecule has 26 heavy (non-hydrogen) atoms. The van der Waals surface area contributed by atoms with Gasteiger partial charge in [0.1, 0.15) is 11.6 Å². The van der Waals surface area contributed by atoms with Gasteiger partial charge in [0.2, 0.25) is 0 Å². The molecule has 3 aromatic rings. The summed E-state index contributed by atoms with van der Waals surface area (Å²) in [4.78, 5) is 19.0. The maximum Gasteiger partial charge on any atom is 0.264 e. The van der Waals surface area contributed by atoms with E-state index in [9.17, 15) is 9.18 Å². The second kappa shape index (κ2) is 7.93. The van der Waals surface area contributed by atoms with Crippen LogP contribution in [0.3, 0.4) is 0 Å². The number of halogens is 1. The first kappa shape index (κ1) is 17.8. The Kier molecular flexibility index (Phi) is 5.43. The number of ether oxygens (including phenoxy) is 1. The molecule has 0 saturated heterocycles. The van der Waals surface area contributed by atoms with E-state index in [0.29, 0.717) is 10.9 Å². The third-order valence-electron chi connectivity index (χ3n) is 3.74. The Bertz CT molecular complexity index is 925. The largest absolute Gasteiger partial charge is 0.496 e. The molecule has 0 aliphatic rings. The summed E-state index contributed by atoms with van der Waals surface area (Å²) in [5.74, 6) is -0.586. The molecule has 0 fully saturated rings. The molecule has 1 aromatic heterocycles. The molecule has 4 nitrogen and oxygen atoms in total. The first-order valence-corrected chi connectivity index (χ1v) is 8.79. The van der Waals surface area contributed by atoms with Gasteiger partial charge in [0.15, 0.2) is 5.13 Å². The summed E-state index contributed by atoms with van der Waals surface area (Å²) in [5, 5.41) is 2.40. The number of benzene rings is 2. The average Bonchev–Trinajstić information content (AvgIpc) is 3.16. The van der Waals surface area contributed by atoms with Crippen LogP contribution in [0.4, 0.5) is 9.52 Å². The highest BCUT2D eigenvalue weighted by molar-refractivity contribution is 7.14. The summed E-state index contributed by atoms with van der Waals surface area (Å²) < 4.78 is 18.9. The molecule has 132 valence electrons. The molecule has 0 bridgehead atoms. The third-order valence-corrected chi connectivity index (χ3v) is 4.60. The van der Waals surface area contributed by atoms with Crippen LogP contribution in [0.25, 0.3) is 11.3 Å². The smallest absolute Gasteiger partial charge is 0.264 e. The van der Waals surface area contributed by atoms with Gasteiger partial charge in [0, 0.05) is 17.5 Å². The lowest BCUT2D eigenvalue weighted by molar-refractivity contribution is 0.0986. The summed E-state index contributed by atoms with van der Waals surface area (Å²) in [6.07, 6.45) is 1.60. The van der Waals surface area contributed by atoms with Crippen molar-refractivity contribution in [1.82, 2.24) is 4.98 Å². The normalized spacial score (nSPS) is 10.4. The molecule has 0 aliphatic carbocycles. The summed E-state index contributed by atoms with van der Waals surface area (Å²) in [5.41, 5.74) is 1.88. The van der Waals surface area contributed by atoms with Crippen molar-refractivity contribution in [3.05, 3.63) is 77.9 Å². The first-order valence-electron chi connectivity index (χ1n) is 7.91. The van der Waals surface area contributed by atoms with Crippen LogP contribution in [0.2, 0.25) is 0 Å². The highest BCUT2D eigenvalue weighted by Gasteiger charge is 2.23. The van der Waals surface area contributed by atoms with Crippen molar-refractivity contribution in [2.24, 2.45) is 0 Å². The Hall–Kier alpha value is -2.99. The highest BCUT2D eigenvalue weighted by atomic mass is 32.1. The molecule has 0 aliphatic heterocycles. The fourth-order valence-electron chi connectivity index (χ4n) is 2.50. The molecule has 1 heterocycles. The zero-order valence-corrected chi connectivity index (χ0v) is 15.0. The Labute approximate surface area is 155 Å². The number of methoxy groups -OCH3 is 1. The highest BCUT2D eigenvalue weighted by Crippen LogP contribution is 2.30. The topological polar surface area (TPSA) is 42.4 Å². The van der Waals surface area contributed by atoms with Crippen LogP contribution < -0.4 is 9.64 Å². The van der Waals surface area contributed by atoms with Crippen molar-refractivity contribution >= 4 is 22.4 Å². The van der Waals surface area contributed by atoms with Crippen molar-refractivity contribution in [2.45, 2.75) is 0 Å². The van der Waals surface area contributed by atoms with E-state index in [-0.39, 0.29) is 12.1 Å². The maximum absolute atomic E-state index is 13.7. The number of hydrogen-bond donors (Lipinski definition) is 0. The van der Waals surface area contributed by atoms with E-state index in [4.69, 9.17) is 4.74 Å². The number of anilines is 1. The molecule has 0 atom stereocenters. The predicted molar refractivity (Wildman–Crippen MR) is 102 cm³/mol. The molecule has 6 heteroatoms. The Morgan fingerprint density at radius 1 is 1.31 bits per heavy atom. The molecule has 0 unspecified atom stereocenters. The van der Waals surface area contributed by atoms with Crippen LogP contribution in [-0.2, 0) is 0 Å². The summed E-state index contributed by atoms with van der Waals surface area (Å²) in [6, 6.07) is 13.6. The number of carbonyl (C=O) groups excluding carboxylic acids is 1. The number of amides is 1. The minimum atomic E-state index is -0.503. The number of hydrogen-bond acceptors (Lipinski definition) is 4. The van der Waals surface area contributed by atoms with Crippen molar-refractivity contribution in [3.63, 3.8) is 0 Å². The van der Waals surface area contributed by atoms with Crippen LogP contribution in [0, 0.1) is 5.82 Å². The number of nitrogens with zero attached hydrogens (tertiary/aromatic N) is 2. The Morgan fingerprint density at radius 2 is 2.08 bits per heavy atom. The standard InChI is InChI=1S/C20H17FN2O2S/c1-3-11-23(19(24)16-12-15(21)9-10-18(16)25-2)20-22-17(13-26-20)14-7-5-4-6-8-14/h3-10,12-13H,1,11H2,2H3. The molecule has 3 rings (SSSR count). The number of carbonyl (C=O) groups is 1. The summed E-state index contributed by atoms with van der Waals surface area (Å²) in [6.45, 7) is 3.96. The number of rotatable bonds is 6. The fourth-order valence-corrected chi connectivity index (χ4v) is 3.34. The van der Waals surface area contributed by atoms with Gasteiger partial charge in [-0.1, -0.05) is 36.4 Å². The van der Waals surface area contributed by atoms with Crippen molar-refractivity contribution < 1.29 is 13.9 Å². The second-order valence-corrected chi connectivity index (χ2v) is 6.27. The third kappa shape index (κ3) is 3.65. The molecule has 2 aromatic carbocycles. The van der Waals surface area contributed by atoms with E-state index in [1.165, 1.54) is 41.5 Å². The van der Waals surface area contributed by atoms with Crippen LogP contribution in [0.5, 0.6) is 5.75 Å². The van der Waals surface area contributed by atoms with E-state index >= 15 is 0 Å². The van der Waals surface area contributed by atoms with E-state index in [0.717, 1.165) is 11.3 Å². The molecule has 1 amide bonds. The van der Waals surface area contributed by atoms with Gasteiger partial charge in [-0.25, -0.2) is 9.37 Å². The molecule has 0 spiro atoms. The van der Waals surface area contributed by atoms with Crippen molar-refractivity contribution in [2.75, 3.05) is 18.6 Å². The lowest BCUT2D eigenvalue weighted by Gasteiger charge is -2.19. The Morgan fingerprint density at radius 3 is 2.77 bits per heavy atom. The van der Waals surface area contributed by atoms with Gasteiger partial charge in [-0.05, 0) is 18.2 Å². The van der Waals surface area contributed by atoms with Crippen LogP contribution >= 0.6 is 11.3 Å². The minimum absolute atomic E-state index is 0.144. The van der Waals surface area contributed by atoms with Crippen LogP contribution in [0.1, 0.15) is 10.4 Å². The number of aromatic nitrogens is 1. The van der Waals surface area contributed by atoms with Crippen molar-refractivity contribution in [3.8, 4) is 17.0 Å². The quantitative estimate of drug-likeness (QED) is 0.588. The van der Waals surface area contributed by atoms with E-state index < -0.39 is 11.7 Å². The molecule has 0 radical (unpaired) electrons. The van der Waals surface area contributed by atoms with Crippen molar-refractivity contribution in [1.29, 1.82) is 0 Å². The monoisotopic (exact) mass is 368 g/mol. The lowest BCUT2D eigenvalue weighted by atomic mass is 10.1. The van der Waals surface area contributed by atoms with Gasteiger partial charge >= 0.3 is 0 Å².